The Hall–Kier alpha value is -1.03. The van der Waals surface area contributed by atoms with Gasteiger partial charge >= 0.3 is 0 Å². The van der Waals surface area contributed by atoms with E-state index in [2.05, 4.69) is 22.9 Å². The summed E-state index contributed by atoms with van der Waals surface area (Å²) in [6.45, 7) is 5.37. The van der Waals surface area contributed by atoms with E-state index in [1.54, 1.807) is 5.57 Å². The van der Waals surface area contributed by atoms with E-state index in [-0.39, 0.29) is 6.10 Å². The van der Waals surface area contributed by atoms with Gasteiger partial charge in [0.2, 0.25) is 0 Å². The predicted molar refractivity (Wildman–Crippen MR) is 74.6 cm³/mol. The molecule has 1 atom stereocenters. The molecule has 2 N–H and O–H groups in total. The van der Waals surface area contributed by atoms with Gasteiger partial charge in [0.1, 0.15) is 0 Å². The fourth-order valence-electron chi connectivity index (χ4n) is 2.57. The number of nitrogens with two attached hydrogens (primary N) is 1. The molecule has 0 aromatic rings. The van der Waals surface area contributed by atoms with Crippen molar-refractivity contribution in [2.45, 2.75) is 45.1 Å². The van der Waals surface area contributed by atoms with Gasteiger partial charge in [-0.3, -0.25) is 4.99 Å². The topological polar surface area (TPSA) is 50.8 Å². The quantitative estimate of drug-likeness (QED) is 0.473. The average Bonchev–Trinajstić information content (AvgIpc) is 2.40. The maximum atomic E-state index is 6.03. The molecule has 0 bridgehead atoms. The largest absolute Gasteiger partial charge is 0.375 e. The van der Waals surface area contributed by atoms with Crippen LogP contribution >= 0.6 is 0 Å². The van der Waals surface area contributed by atoms with Gasteiger partial charge < -0.3 is 15.4 Å². The van der Waals surface area contributed by atoms with Crippen molar-refractivity contribution in [2.75, 3.05) is 26.2 Å². The van der Waals surface area contributed by atoms with E-state index in [9.17, 15) is 0 Å². The Bertz CT molecular complexity index is 325. The summed E-state index contributed by atoms with van der Waals surface area (Å²) in [5.41, 5.74) is 7.59. The molecule has 1 aliphatic heterocycles. The van der Waals surface area contributed by atoms with Gasteiger partial charge in [-0.1, -0.05) is 11.6 Å². The predicted octanol–water partition coefficient (Wildman–Crippen LogP) is 1.91. The van der Waals surface area contributed by atoms with E-state index in [0.717, 1.165) is 32.7 Å². The third-order valence-corrected chi connectivity index (χ3v) is 3.66. The van der Waals surface area contributed by atoms with Crippen LogP contribution in [-0.2, 0) is 4.74 Å². The average molecular weight is 251 g/mol. The summed E-state index contributed by atoms with van der Waals surface area (Å²) in [4.78, 5) is 6.63. The summed E-state index contributed by atoms with van der Waals surface area (Å²) in [5, 5.41) is 0. The van der Waals surface area contributed by atoms with Gasteiger partial charge in [0, 0.05) is 19.6 Å². The molecule has 0 saturated carbocycles. The summed E-state index contributed by atoms with van der Waals surface area (Å²) < 4.78 is 5.50. The van der Waals surface area contributed by atoms with Gasteiger partial charge in [-0.05, 0) is 39.0 Å². The lowest BCUT2D eigenvalue weighted by Crippen LogP contribution is -2.47. The van der Waals surface area contributed by atoms with E-state index in [1.165, 1.54) is 25.7 Å². The smallest absolute Gasteiger partial charge is 0.191 e. The molecule has 4 nitrogen and oxygen atoms in total. The lowest BCUT2D eigenvalue weighted by molar-refractivity contribution is 0.00530. The number of hydrogen-bond acceptors (Lipinski definition) is 2. The number of aliphatic imine (C=N–C) groups is 1. The number of morpholine rings is 1. The Morgan fingerprint density at radius 2 is 2.44 bits per heavy atom. The van der Waals surface area contributed by atoms with Crippen LogP contribution in [0.1, 0.15) is 39.0 Å². The molecule has 2 aliphatic rings. The fourth-order valence-corrected chi connectivity index (χ4v) is 2.57. The third kappa shape index (κ3) is 4.02. The van der Waals surface area contributed by atoms with Crippen molar-refractivity contribution in [3.05, 3.63) is 11.6 Å². The molecule has 1 saturated heterocycles. The number of rotatable bonds is 3. The van der Waals surface area contributed by atoms with Crippen LogP contribution in [0.5, 0.6) is 0 Å². The van der Waals surface area contributed by atoms with E-state index in [4.69, 9.17) is 10.5 Å². The molecular weight excluding hydrogens is 226 g/mol. The van der Waals surface area contributed by atoms with Crippen LogP contribution in [0, 0.1) is 0 Å². The van der Waals surface area contributed by atoms with Crippen molar-refractivity contribution in [3.63, 3.8) is 0 Å². The van der Waals surface area contributed by atoms with Crippen molar-refractivity contribution in [3.8, 4) is 0 Å². The molecule has 102 valence electrons. The van der Waals surface area contributed by atoms with Crippen LogP contribution in [0.2, 0.25) is 0 Å². The monoisotopic (exact) mass is 251 g/mol. The molecule has 0 amide bonds. The molecule has 1 aliphatic carbocycles. The zero-order valence-corrected chi connectivity index (χ0v) is 11.4. The molecule has 2 rings (SSSR count). The Morgan fingerprint density at radius 1 is 1.56 bits per heavy atom. The molecule has 0 spiro atoms. The number of ether oxygens (including phenoxy) is 1. The summed E-state index contributed by atoms with van der Waals surface area (Å²) in [6, 6.07) is 0. The molecule has 0 radical (unpaired) electrons. The Labute approximate surface area is 110 Å². The minimum Gasteiger partial charge on any atom is -0.375 e. The highest BCUT2D eigenvalue weighted by Crippen LogP contribution is 2.19. The lowest BCUT2D eigenvalue weighted by atomic mass is 9.97. The third-order valence-electron chi connectivity index (χ3n) is 3.66. The van der Waals surface area contributed by atoms with Gasteiger partial charge in [0.15, 0.2) is 5.96 Å². The van der Waals surface area contributed by atoms with Crippen molar-refractivity contribution in [1.82, 2.24) is 4.90 Å². The van der Waals surface area contributed by atoms with Crippen molar-refractivity contribution in [2.24, 2.45) is 10.7 Å². The van der Waals surface area contributed by atoms with Crippen LogP contribution < -0.4 is 5.73 Å². The van der Waals surface area contributed by atoms with Crippen LogP contribution in [-0.4, -0.2) is 43.2 Å². The lowest BCUT2D eigenvalue weighted by Gasteiger charge is -2.31. The normalized spacial score (nSPS) is 26.1. The summed E-state index contributed by atoms with van der Waals surface area (Å²) >= 11 is 0. The molecule has 1 unspecified atom stereocenters. The highest BCUT2D eigenvalue weighted by Gasteiger charge is 2.17. The van der Waals surface area contributed by atoms with E-state index >= 15 is 0 Å². The molecule has 0 aromatic heterocycles. The number of guanidine groups is 1. The summed E-state index contributed by atoms with van der Waals surface area (Å²) in [7, 11) is 0. The first-order valence-electron chi connectivity index (χ1n) is 7.10. The zero-order chi connectivity index (χ0) is 12.8. The highest BCUT2D eigenvalue weighted by atomic mass is 16.5. The van der Waals surface area contributed by atoms with E-state index in [0.29, 0.717) is 5.96 Å². The number of nitrogens with zero attached hydrogens (tertiary/aromatic N) is 2. The SMILES string of the molecule is CC1CN(C(N)=NCCC2=CCCCC2)CCO1. The van der Waals surface area contributed by atoms with E-state index in [1.807, 2.05) is 0 Å². The number of hydrogen-bond donors (Lipinski definition) is 1. The second-order valence-corrected chi connectivity index (χ2v) is 5.23. The Balaban J connectivity index is 1.75. The van der Waals surface area contributed by atoms with Crippen LogP contribution in [0.3, 0.4) is 0 Å². The molecule has 1 fully saturated rings. The first-order chi connectivity index (χ1) is 8.75. The maximum Gasteiger partial charge on any atom is 0.191 e. The zero-order valence-electron chi connectivity index (χ0n) is 11.4. The van der Waals surface area contributed by atoms with Crippen LogP contribution in [0.15, 0.2) is 16.6 Å². The van der Waals surface area contributed by atoms with Gasteiger partial charge in [0.05, 0.1) is 12.7 Å². The standard InChI is InChI=1S/C14H25N3O/c1-12-11-17(9-10-18-12)14(15)16-8-7-13-5-3-2-4-6-13/h5,12H,2-4,6-11H2,1H3,(H2,15,16). The minimum atomic E-state index is 0.258. The van der Waals surface area contributed by atoms with Gasteiger partial charge in [-0.2, -0.15) is 0 Å². The molecular formula is C14H25N3O. The summed E-state index contributed by atoms with van der Waals surface area (Å²) in [6.07, 6.45) is 8.90. The van der Waals surface area contributed by atoms with E-state index < -0.39 is 0 Å². The minimum absolute atomic E-state index is 0.258. The second kappa shape index (κ2) is 6.78. The number of allylic oxidation sites excluding steroid dienone is 1. The first kappa shape index (κ1) is 13.4. The molecule has 18 heavy (non-hydrogen) atoms. The Morgan fingerprint density at radius 3 is 3.17 bits per heavy atom. The highest BCUT2D eigenvalue weighted by molar-refractivity contribution is 5.78. The van der Waals surface area contributed by atoms with Gasteiger partial charge in [0.25, 0.3) is 0 Å². The van der Waals surface area contributed by atoms with Gasteiger partial charge in [-0.25, -0.2) is 0 Å². The van der Waals surface area contributed by atoms with Crippen molar-refractivity contribution in [1.29, 1.82) is 0 Å². The first-order valence-corrected chi connectivity index (χ1v) is 7.10. The molecule has 4 heteroatoms. The summed E-state index contributed by atoms with van der Waals surface area (Å²) in [5.74, 6) is 0.682. The molecule has 1 heterocycles. The maximum absolute atomic E-state index is 6.03. The second-order valence-electron chi connectivity index (χ2n) is 5.23. The van der Waals surface area contributed by atoms with Crippen LogP contribution in [0.25, 0.3) is 0 Å². The Kier molecular flexibility index (Phi) is 5.05. The molecule has 0 aromatic carbocycles. The fraction of sp³-hybridized carbons (Fsp3) is 0.786. The van der Waals surface area contributed by atoms with Gasteiger partial charge in [-0.15, -0.1) is 0 Å². The van der Waals surface area contributed by atoms with Crippen molar-refractivity contribution >= 4 is 5.96 Å². The van der Waals surface area contributed by atoms with Crippen LogP contribution in [0.4, 0.5) is 0 Å². The van der Waals surface area contributed by atoms with Crippen molar-refractivity contribution < 1.29 is 4.74 Å².